The Kier molecular flexibility index (Phi) is 2.09. The van der Waals surface area contributed by atoms with E-state index in [1.807, 2.05) is 6.92 Å². The van der Waals surface area contributed by atoms with Crippen molar-refractivity contribution in [3.63, 3.8) is 0 Å². The van der Waals surface area contributed by atoms with E-state index in [-0.39, 0.29) is 12.1 Å². The molecule has 0 aromatic carbocycles. The highest BCUT2D eigenvalue weighted by atomic mass is 16.5. The van der Waals surface area contributed by atoms with Crippen LogP contribution in [0, 0.1) is 12.3 Å². The Morgan fingerprint density at radius 2 is 2.22 bits per heavy atom. The second-order valence-corrected chi connectivity index (χ2v) is 2.79. The Bertz CT molecular complexity index is 94.9. The zero-order chi connectivity index (χ0) is 6.85. The Hall–Kier alpha value is -0.0800. The van der Waals surface area contributed by atoms with Gasteiger partial charge in [-0.25, -0.2) is 0 Å². The summed E-state index contributed by atoms with van der Waals surface area (Å²) in [6, 6.07) is 0.133. The van der Waals surface area contributed by atoms with Crippen molar-refractivity contribution in [2.24, 2.45) is 11.7 Å². The molecule has 0 aliphatic carbocycles. The molecule has 1 heterocycles. The lowest BCUT2D eigenvalue weighted by atomic mass is 9.97. The Morgan fingerprint density at radius 3 is 2.67 bits per heavy atom. The monoisotopic (exact) mass is 128 g/mol. The van der Waals surface area contributed by atoms with Gasteiger partial charge in [0.2, 0.25) is 0 Å². The van der Waals surface area contributed by atoms with Crippen LogP contribution in [0.2, 0.25) is 0 Å². The van der Waals surface area contributed by atoms with Crippen molar-refractivity contribution in [3.8, 4) is 0 Å². The number of hydrogen-bond donors (Lipinski definition) is 1. The summed E-state index contributed by atoms with van der Waals surface area (Å²) in [5.74, 6) is 0.524. The molecule has 0 aromatic heterocycles. The first-order valence-corrected chi connectivity index (χ1v) is 3.42. The number of hydrogen-bond acceptors (Lipinski definition) is 2. The van der Waals surface area contributed by atoms with Crippen LogP contribution >= 0.6 is 0 Å². The fourth-order valence-corrected chi connectivity index (χ4v) is 1.01. The minimum absolute atomic E-state index is 0.133. The normalized spacial score (nSPS) is 45.0. The third kappa shape index (κ3) is 1.66. The molecule has 1 rings (SSSR count). The van der Waals surface area contributed by atoms with Gasteiger partial charge in [0.05, 0.1) is 6.10 Å². The van der Waals surface area contributed by atoms with Crippen LogP contribution in [0.25, 0.3) is 0 Å². The van der Waals surface area contributed by atoms with Gasteiger partial charge in [-0.15, -0.1) is 0 Å². The summed E-state index contributed by atoms with van der Waals surface area (Å²) in [6.45, 7) is 4.95. The topological polar surface area (TPSA) is 35.2 Å². The molecule has 2 heteroatoms. The van der Waals surface area contributed by atoms with Gasteiger partial charge in [0.15, 0.2) is 0 Å². The molecule has 0 saturated carbocycles. The van der Waals surface area contributed by atoms with Gasteiger partial charge < -0.3 is 10.5 Å². The van der Waals surface area contributed by atoms with E-state index in [2.05, 4.69) is 13.3 Å². The minimum atomic E-state index is 0.133. The summed E-state index contributed by atoms with van der Waals surface area (Å²) in [7, 11) is 0. The molecule has 2 N–H and O–H groups in total. The van der Waals surface area contributed by atoms with E-state index < -0.39 is 0 Å². The summed E-state index contributed by atoms with van der Waals surface area (Å²) >= 11 is 0. The Morgan fingerprint density at radius 1 is 1.56 bits per heavy atom. The first-order chi connectivity index (χ1) is 4.20. The second-order valence-electron chi connectivity index (χ2n) is 2.79. The first-order valence-electron chi connectivity index (χ1n) is 3.42. The van der Waals surface area contributed by atoms with Gasteiger partial charge in [-0.1, -0.05) is 6.92 Å². The Balaban J connectivity index is 2.35. The summed E-state index contributed by atoms with van der Waals surface area (Å²) in [6.07, 6.45) is 2.36. The molecular weight excluding hydrogens is 114 g/mol. The molecule has 0 spiro atoms. The second kappa shape index (κ2) is 2.67. The number of rotatable bonds is 0. The maximum atomic E-state index is 5.69. The third-order valence-corrected chi connectivity index (χ3v) is 1.71. The van der Waals surface area contributed by atoms with Crippen molar-refractivity contribution in [2.75, 3.05) is 6.61 Å². The van der Waals surface area contributed by atoms with E-state index in [1.165, 1.54) is 0 Å². The summed E-state index contributed by atoms with van der Waals surface area (Å²) < 4.78 is 5.35. The van der Waals surface area contributed by atoms with Crippen LogP contribution in [-0.2, 0) is 4.74 Å². The summed E-state index contributed by atoms with van der Waals surface area (Å²) in [4.78, 5) is 0. The maximum Gasteiger partial charge on any atom is 0.0700 e. The average Bonchev–Trinajstić information content (AvgIpc) is 1.80. The largest absolute Gasteiger partial charge is 0.377 e. The van der Waals surface area contributed by atoms with Gasteiger partial charge in [0, 0.05) is 12.6 Å². The molecule has 2 nitrogen and oxygen atoms in total. The molecule has 53 valence electrons. The van der Waals surface area contributed by atoms with Gasteiger partial charge >= 0.3 is 0 Å². The van der Waals surface area contributed by atoms with Crippen LogP contribution in [0.5, 0.6) is 0 Å². The van der Waals surface area contributed by atoms with E-state index in [4.69, 9.17) is 10.5 Å². The fraction of sp³-hybridized carbons (Fsp3) is 0.857. The predicted molar refractivity (Wildman–Crippen MR) is 36.9 cm³/mol. The van der Waals surface area contributed by atoms with E-state index in [0.717, 1.165) is 6.61 Å². The van der Waals surface area contributed by atoms with Crippen molar-refractivity contribution >= 4 is 0 Å². The van der Waals surface area contributed by atoms with Crippen LogP contribution in [0.1, 0.15) is 13.8 Å². The van der Waals surface area contributed by atoms with Gasteiger partial charge in [-0.3, -0.25) is 0 Å². The van der Waals surface area contributed by atoms with Crippen LogP contribution in [0.15, 0.2) is 0 Å². The Labute approximate surface area is 56.4 Å². The van der Waals surface area contributed by atoms with Crippen molar-refractivity contribution in [2.45, 2.75) is 26.0 Å². The molecular formula is C7H14NO. The number of nitrogens with two attached hydrogens (primary N) is 1. The minimum Gasteiger partial charge on any atom is -0.377 e. The zero-order valence-electron chi connectivity index (χ0n) is 6.00. The zero-order valence-corrected chi connectivity index (χ0v) is 6.00. The molecule has 1 fully saturated rings. The van der Waals surface area contributed by atoms with Gasteiger partial charge in [0.1, 0.15) is 0 Å². The highest BCUT2D eigenvalue weighted by Gasteiger charge is 2.22. The van der Waals surface area contributed by atoms with E-state index >= 15 is 0 Å². The molecule has 0 aromatic rings. The van der Waals surface area contributed by atoms with Crippen LogP contribution < -0.4 is 5.73 Å². The molecule has 1 saturated heterocycles. The van der Waals surface area contributed by atoms with E-state index in [9.17, 15) is 0 Å². The molecule has 1 aliphatic rings. The quantitative estimate of drug-likeness (QED) is 0.517. The SMILES string of the molecule is C[C@@H]1OC[C@@H](C)[CH]C1N. The highest BCUT2D eigenvalue weighted by Crippen LogP contribution is 2.15. The van der Waals surface area contributed by atoms with Crippen molar-refractivity contribution in [1.29, 1.82) is 0 Å². The van der Waals surface area contributed by atoms with Crippen LogP contribution in [0.3, 0.4) is 0 Å². The average molecular weight is 128 g/mol. The lowest BCUT2D eigenvalue weighted by Crippen LogP contribution is -2.42. The summed E-state index contributed by atoms with van der Waals surface area (Å²) in [5.41, 5.74) is 5.69. The van der Waals surface area contributed by atoms with E-state index in [0.29, 0.717) is 5.92 Å². The fourth-order valence-electron chi connectivity index (χ4n) is 1.01. The van der Waals surface area contributed by atoms with Gasteiger partial charge in [-0.05, 0) is 19.3 Å². The maximum absolute atomic E-state index is 5.69. The van der Waals surface area contributed by atoms with Crippen molar-refractivity contribution < 1.29 is 4.74 Å². The predicted octanol–water partition coefficient (Wildman–Crippen LogP) is 0.573. The molecule has 0 bridgehead atoms. The molecule has 1 aliphatic heterocycles. The lowest BCUT2D eigenvalue weighted by Gasteiger charge is -2.29. The molecule has 1 radical (unpaired) electrons. The molecule has 3 atom stereocenters. The van der Waals surface area contributed by atoms with Gasteiger partial charge in [0.25, 0.3) is 0 Å². The third-order valence-electron chi connectivity index (χ3n) is 1.71. The van der Waals surface area contributed by atoms with Gasteiger partial charge in [-0.2, -0.15) is 0 Å². The highest BCUT2D eigenvalue weighted by molar-refractivity contribution is 4.92. The lowest BCUT2D eigenvalue weighted by molar-refractivity contribution is 0.0109. The molecule has 1 unspecified atom stereocenters. The molecule has 9 heavy (non-hydrogen) atoms. The summed E-state index contributed by atoms with van der Waals surface area (Å²) in [5, 5.41) is 0. The smallest absolute Gasteiger partial charge is 0.0700 e. The number of ether oxygens (including phenoxy) is 1. The van der Waals surface area contributed by atoms with E-state index in [1.54, 1.807) is 0 Å². The molecule has 0 amide bonds. The first kappa shape index (κ1) is 7.03. The van der Waals surface area contributed by atoms with Crippen molar-refractivity contribution in [3.05, 3.63) is 6.42 Å². The van der Waals surface area contributed by atoms with Crippen LogP contribution in [-0.4, -0.2) is 18.8 Å². The van der Waals surface area contributed by atoms with Crippen LogP contribution in [0.4, 0.5) is 0 Å². The van der Waals surface area contributed by atoms with Crippen molar-refractivity contribution in [1.82, 2.24) is 0 Å². The standard InChI is InChI=1S/C7H14NO/c1-5-3-7(8)6(2)9-4-5/h3,5-7H,4,8H2,1-2H3/t5-,6-,7?/m0/s1.